The molecule has 0 aliphatic carbocycles. The van der Waals surface area contributed by atoms with Gasteiger partial charge < -0.3 is 10.2 Å². The van der Waals surface area contributed by atoms with Crippen LogP contribution in [0.4, 0.5) is 5.82 Å². The number of rotatable bonds is 4. The third-order valence-corrected chi connectivity index (χ3v) is 3.71. The quantitative estimate of drug-likeness (QED) is 0.888. The Kier molecular flexibility index (Phi) is 4.93. The van der Waals surface area contributed by atoms with Crippen molar-refractivity contribution < 1.29 is 0 Å². The normalized spacial score (nSPS) is 20.8. The molecule has 4 nitrogen and oxygen atoms in total. The lowest BCUT2D eigenvalue weighted by atomic mass is 10.1. The van der Waals surface area contributed by atoms with Crippen LogP contribution in [0.25, 0.3) is 0 Å². The topological polar surface area (TPSA) is 41.0 Å². The van der Waals surface area contributed by atoms with Crippen LogP contribution in [0.2, 0.25) is 0 Å². The van der Waals surface area contributed by atoms with E-state index in [1.807, 2.05) is 7.05 Å². The second kappa shape index (κ2) is 6.69. The van der Waals surface area contributed by atoms with Crippen LogP contribution in [0.15, 0.2) is 12.1 Å². The zero-order valence-electron chi connectivity index (χ0n) is 11.5. The molecule has 0 aromatic carbocycles. The molecule has 1 aliphatic rings. The van der Waals surface area contributed by atoms with Gasteiger partial charge in [-0.15, -0.1) is 5.10 Å². The van der Waals surface area contributed by atoms with Crippen LogP contribution < -0.4 is 10.2 Å². The average molecular weight is 248 g/mol. The van der Waals surface area contributed by atoms with Crippen LogP contribution in [-0.4, -0.2) is 29.8 Å². The van der Waals surface area contributed by atoms with Crippen LogP contribution in [-0.2, 0) is 6.54 Å². The summed E-state index contributed by atoms with van der Waals surface area (Å²) in [5.41, 5.74) is 1.00. The molecule has 1 aromatic heterocycles. The molecule has 18 heavy (non-hydrogen) atoms. The molecule has 4 heteroatoms. The van der Waals surface area contributed by atoms with Crippen LogP contribution >= 0.6 is 0 Å². The molecule has 1 fully saturated rings. The molecule has 100 valence electrons. The van der Waals surface area contributed by atoms with Crippen molar-refractivity contribution in [3.63, 3.8) is 0 Å². The van der Waals surface area contributed by atoms with Gasteiger partial charge in [0.2, 0.25) is 0 Å². The van der Waals surface area contributed by atoms with Crippen molar-refractivity contribution in [1.29, 1.82) is 0 Å². The predicted molar refractivity (Wildman–Crippen MR) is 74.7 cm³/mol. The third-order valence-electron chi connectivity index (χ3n) is 3.71. The Balaban J connectivity index is 2.11. The SMILES string of the molecule is CCC1CCCCCN1c1ccc(CNC)nn1. The Bertz CT molecular complexity index is 349. The fraction of sp³-hybridized carbons (Fsp3) is 0.714. The van der Waals surface area contributed by atoms with Gasteiger partial charge in [-0.1, -0.05) is 19.8 Å². The Hall–Kier alpha value is -1.16. The number of hydrogen-bond acceptors (Lipinski definition) is 4. The lowest BCUT2D eigenvalue weighted by molar-refractivity contribution is 0.549. The molecular formula is C14H24N4. The van der Waals surface area contributed by atoms with Gasteiger partial charge in [-0.2, -0.15) is 5.10 Å². The van der Waals surface area contributed by atoms with Crippen molar-refractivity contribution in [2.24, 2.45) is 0 Å². The monoisotopic (exact) mass is 248 g/mol. The average Bonchev–Trinajstić information content (AvgIpc) is 2.65. The van der Waals surface area contributed by atoms with Crippen LogP contribution in [0.5, 0.6) is 0 Å². The zero-order chi connectivity index (χ0) is 12.8. The highest BCUT2D eigenvalue weighted by atomic mass is 15.3. The maximum atomic E-state index is 4.40. The van der Waals surface area contributed by atoms with Crippen molar-refractivity contribution in [2.45, 2.75) is 51.6 Å². The van der Waals surface area contributed by atoms with Crippen LogP contribution in [0.1, 0.15) is 44.7 Å². The highest BCUT2D eigenvalue weighted by molar-refractivity contribution is 5.39. The molecule has 0 amide bonds. The Morgan fingerprint density at radius 1 is 1.28 bits per heavy atom. The molecule has 1 aliphatic heterocycles. The molecule has 2 rings (SSSR count). The molecular weight excluding hydrogens is 224 g/mol. The van der Waals surface area contributed by atoms with E-state index in [4.69, 9.17) is 0 Å². The van der Waals surface area contributed by atoms with Crippen LogP contribution in [0.3, 0.4) is 0 Å². The third kappa shape index (κ3) is 3.19. The highest BCUT2D eigenvalue weighted by Crippen LogP contribution is 2.23. The number of aromatic nitrogens is 2. The first-order valence-electron chi connectivity index (χ1n) is 7.09. The van der Waals surface area contributed by atoms with E-state index in [2.05, 4.69) is 39.5 Å². The molecule has 0 saturated carbocycles. The van der Waals surface area contributed by atoms with Gasteiger partial charge in [0.25, 0.3) is 0 Å². The molecule has 0 radical (unpaired) electrons. The first kappa shape index (κ1) is 13.3. The minimum Gasteiger partial charge on any atom is -0.352 e. The summed E-state index contributed by atoms with van der Waals surface area (Å²) in [4.78, 5) is 2.45. The highest BCUT2D eigenvalue weighted by Gasteiger charge is 2.20. The summed E-state index contributed by atoms with van der Waals surface area (Å²) in [5.74, 6) is 1.05. The van der Waals surface area contributed by atoms with Crippen molar-refractivity contribution in [3.05, 3.63) is 17.8 Å². The molecule has 0 bridgehead atoms. The van der Waals surface area contributed by atoms with Crippen molar-refractivity contribution in [2.75, 3.05) is 18.5 Å². The first-order valence-corrected chi connectivity index (χ1v) is 7.09. The van der Waals surface area contributed by atoms with Crippen LogP contribution in [0, 0.1) is 0 Å². The number of nitrogens with zero attached hydrogens (tertiary/aromatic N) is 3. The summed E-state index contributed by atoms with van der Waals surface area (Å²) < 4.78 is 0. The maximum Gasteiger partial charge on any atom is 0.151 e. The summed E-state index contributed by atoms with van der Waals surface area (Å²) in [6.07, 6.45) is 6.45. The van der Waals surface area contributed by atoms with Crippen molar-refractivity contribution in [1.82, 2.24) is 15.5 Å². The summed E-state index contributed by atoms with van der Waals surface area (Å²) in [6.45, 7) is 4.18. The summed E-state index contributed by atoms with van der Waals surface area (Å²) in [6, 6.07) is 4.83. The van der Waals surface area contributed by atoms with Crippen molar-refractivity contribution >= 4 is 5.82 Å². The maximum absolute atomic E-state index is 4.40. The van der Waals surface area contributed by atoms with E-state index in [1.54, 1.807) is 0 Å². The van der Waals surface area contributed by atoms with E-state index in [0.717, 1.165) is 24.6 Å². The number of anilines is 1. The van der Waals surface area contributed by atoms with Gasteiger partial charge in [-0.25, -0.2) is 0 Å². The summed E-state index contributed by atoms with van der Waals surface area (Å²) in [7, 11) is 1.93. The second-order valence-corrected chi connectivity index (χ2v) is 5.02. The Morgan fingerprint density at radius 3 is 2.83 bits per heavy atom. The van der Waals surface area contributed by atoms with Crippen molar-refractivity contribution in [3.8, 4) is 0 Å². The fourth-order valence-corrected chi connectivity index (χ4v) is 2.68. The van der Waals surface area contributed by atoms with E-state index in [0.29, 0.717) is 6.04 Å². The van der Waals surface area contributed by atoms with Gasteiger partial charge in [0.15, 0.2) is 5.82 Å². The van der Waals surface area contributed by atoms with E-state index < -0.39 is 0 Å². The lowest BCUT2D eigenvalue weighted by Gasteiger charge is -2.29. The van der Waals surface area contributed by atoms with Gasteiger partial charge in [0, 0.05) is 19.1 Å². The van der Waals surface area contributed by atoms with Gasteiger partial charge in [0.05, 0.1) is 5.69 Å². The Labute approximate surface area is 110 Å². The van der Waals surface area contributed by atoms with E-state index in [-0.39, 0.29) is 0 Å². The summed E-state index contributed by atoms with van der Waals surface area (Å²) >= 11 is 0. The minimum atomic E-state index is 0.636. The summed E-state index contributed by atoms with van der Waals surface area (Å²) in [5, 5.41) is 11.8. The fourth-order valence-electron chi connectivity index (χ4n) is 2.68. The largest absolute Gasteiger partial charge is 0.352 e. The first-order chi connectivity index (χ1) is 8.85. The van der Waals surface area contributed by atoms with Gasteiger partial charge >= 0.3 is 0 Å². The van der Waals surface area contributed by atoms with E-state index in [1.165, 1.54) is 32.1 Å². The van der Waals surface area contributed by atoms with E-state index >= 15 is 0 Å². The zero-order valence-corrected chi connectivity index (χ0v) is 11.5. The smallest absolute Gasteiger partial charge is 0.151 e. The molecule has 2 heterocycles. The van der Waals surface area contributed by atoms with E-state index in [9.17, 15) is 0 Å². The molecule has 0 spiro atoms. The standard InChI is InChI=1S/C14H24N4/c1-3-13-7-5-4-6-10-18(13)14-9-8-12(11-15-2)16-17-14/h8-9,13,15H,3-7,10-11H2,1-2H3. The van der Waals surface area contributed by atoms with Gasteiger partial charge in [-0.05, 0) is 38.4 Å². The number of hydrogen-bond donors (Lipinski definition) is 1. The number of nitrogens with one attached hydrogen (secondary N) is 1. The van der Waals surface area contributed by atoms with Gasteiger partial charge in [0.1, 0.15) is 0 Å². The molecule has 1 N–H and O–H groups in total. The second-order valence-electron chi connectivity index (χ2n) is 5.02. The molecule has 1 aromatic rings. The molecule has 1 saturated heterocycles. The lowest BCUT2D eigenvalue weighted by Crippen LogP contribution is -2.35. The molecule has 1 unspecified atom stereocenters. The minimum absolute atomic E-state index is 0.636. The molecule has 1 atom stereocenters. The predicted octanol–water partition coefficient (Wildman–Crippen LogP) is 2.36. The Morgan fingerprint density at radius 2 is 2.17 bits per heavy atom. The van der Waals surface area contributed by atoms with Gasteiger partial charge in [-0.3, -0.25) is 0 Å².